The summed E-state index contributed by atoms with van der Waals surface area (Å²) in [5, 5.41) is 0.507. The van der Waals surface area contributed by atoms with Crippen LogP contribution in [-0.2, 0) is 29.2 Å². The van der Waals surface area contributed by atoms with Gasteiger partial charge < -0.3 is 15.4 Å². The molecule has 1 amide bonds. The van der Waals surface area contributed by atoms with Gasteiger partial charge in [-0.05, 0) is 66.2 Å². The number of carbonyl (C=O) groups excluding carboxylic acids is 2. The second-order valence-corrected chi connectivity index (χ2v) is 9.29. The van der Waals surface area contributed by atoms with E-state index in [1.807, 2.05) is 24.3 Å². The summed E-state index contributed by atoms with van der Waals surface area (Å²) in [4.78, 5) is 37.7. The van der Waals surface area contributed by atoms with Gasteiger partial charge in [0.05, 0.1) is 12.1 Å². The van der Waals surface area contributed by atoms with E-state index in [2.05, 4.69) is 9.97 Å². The van der Waals surface area contributed by atoms with Crippen molar-refractivity contribution in [1.29, 1.82) is 0 Å². The van der Waals surface area contributed by atoms with E-state index in [-0.39, 0.29) is 36.7 Å². The minimum absolute atomic E-state index is 0.000407. The number of aromatic nitrogens is 2. The van der Waals surface area contributed by atoms with Crippen LogP contribution in [0.25, 0.3) is 22.0 Å². The number of ether oxygens (including phenoxy) is 1. The van der Waals surface area contributed by atoms with Crippen molar-refractivity contribution in [2.24, 2.45) is 0 Å². The number of nitrogens with zero attached hydrogens (tertiary/aromatic N) is 4. The molecule has 2 N–H and O–H groups in total. The number of fused-ring (bicyclic) bond motifs is 2. The largest absolute Gasteiger partial charge is 0.460 e. The summed E-state index contributed by atoms with van der Waals surface area (Å²) in [6.45, 7) is 1.08. The van der Waals surface area contributed by atoms with Crippen LogP contribution in [0.3, 0.4) is 0 Å². The third-order valence-corrected chi connectivity index (χ3v) is 6.26. The molecule has 0 atom stereocenters. The number of benzene rings is 3. The fourth-order valence-corrected chi connectivity index (χ4v) is 4.51. The number of likely N-dealkylation sites (N-methyl/N-ethyl adjacent to an activating group) is 1. The molecule has 0 aliphatic carbocycles. The number of halogens is 1. The molecule has 9 heteroatoms. The SMILES string of the molecule is CN(C)CC(=O)OCc1ccc(F)cc1-c1ccc2nc(N)nc(C(=O)N3Cc4ccccc4C3)c2c1. The molecular formula is C28H26FN5O3. The van der Waals surface area contributed by atoms with Crippen molar-refractivity contribution in [1.82, 2.24) is 19.8 Å². The zero-order valence-corrected chi connectivity index (χ0v) is 20.6. The first-order chi connectivity index (χ1) is 17.8. The molecule has 0 unspecified atom stereocenters. The van der Waals surface area contributed by atoms with Crippen molar-refractivity contribution < 1.29 is 18.7 Å². The molecule has 1 aliphatic heterocycles. The van der Waals surface area contributed by atoms with Gasteiger partial charge in [0.1, 0.15) is 18.1 Å². The molecule has 4 aromatic rings. The highest BCUT2D eigenvalue weighted by atomic mass is 19.1. The molecule has 2 heterocycles. The molecule has 0 radical (unpaired) electrons. The van der Waals surface area contributed by atoms with Crippen LogP contribution in [0.5, 0.6) is 0 Å². The first-order valence-electron chi connectivity index (χ1n) is 11.8. The van der Waals surface area contributed by atoms with Crippen molar-refractivity contribution in [2.45, 2.75) is 19.7 Å². The summed E-state index contributed by atoms with van der Waals surface area (Å²) < 4.78 is 19.7. The lowest BCUT2D eigenvalue weighted by Crippen LogP contribution is -2.27. The minimum atomic E-state index is -0.432. The number of hydrogen-bond donors (Lipinski definition) is 1. The highest BCUT2D eigenvalue weighted by Crippen LogP contribution is 2.31. The molecule has 3 aromatic carbocycles. The highest BCUT2D eigenvalue weighted by molar-refractivity contribution is 6.06. The topological polar surface area (TPSA) is 102 Å². The molecular weight excluding hydrogens is 473 g/mol. The summed E-state index contributed by atoms with van der Waals surface area (Å²) >= 11 is 0. The summed E-state index contributed by atoms with van der Waals surface area (Å²) in [7, 11) is 3.54. The Hall–Kier alpha value is -4.37. The number of amides is 1. The van der Waals surface area contributed by atoms with Gasteiger partial charge in [-0.15, -0.1) is 0 Å². The molecule has 0 saturated carbocycles. The Bertz CT molecular complexity index is 1500. The van der Waals surface area contributed by atoms with Crippen molar-refractivity contribution >= 4 is 28.7 Å². The standard InChI is InChI=1S/C28H26FN5O3/c1-33(2)15-25(35)37-16-20-7-9-21(29)12-22(20)17-8-10-24-23(11-17)26(32-28(30)31-24)27(36)34-13-18-5-3-4-6-19(18)14-34/h3-12H,13-16H2,1-2H3,(H2,30,31,32). The molecule has 1 aliphatic rings. The zero-order valence-electron chi connectivity index (χ0n) is 20.6. The van der Waals surface area contributed by atoms with Gasteiger partial charge in [-0.2, -0.15) is 0 Å². The fraction of sp³-hybridized carbons (Fsp3) is 0.214. The second kappa shape index (κ2) is 9.94. The number of hydrogen-bond acceptors (Lipinski definition) is 7. The maximum atomic E-state index is 14.3. The zero-order chi connectivity index (χ0) is 26.1. The van der Waals surface area contributed by atoms with E-state index in [1.54, 1.807) is 48.2 Å². The first kappa shape index (κ1) is 24.3. The van der Waals surface area contributed by atoms with Crippen LogP contribution in [0.4, 0.5) is 10.3 Å². The van der Waals surface area contributed by atoms with Gasteiger partial charge in [0.2, 0.25) is 5.95 Å². The molecule has 8 nitrogen and oxygen atoms in total. The summed E-state index contributed by atoms with van der Waals surface area (Å²) in [5.41, 5.74) is 10.6. The maximum absolute atomic E-state index is 14.3. The Labute approximate surface area is 213 Å². The van der Waals surface area contributed by atoms with Gasteiger partial charge in [-0.1, -0.05) is 36.4 Å². The monoisotopic (exact) mass is 499 g/mol. The van der Waals surface area contributed by atoms with E-state index in [0.717, 1.165) is 11.1 Å². The maximum Gasteiger partial charge on any atom is 0.320 e. The summed E-state index contributed by atoms with van der Waals surface area (Å²) in [6, 6.07) is 17.5. The van der Waals surface area contributed by atoms with Crippen LogP contribution in [0, 0.1) is 5.82 Å². The second-order valence-electron chi connectivity index (χ2n) is 9.29. The Morgan fingerprint density at radius 1 is 1.03 bits per heavy atom. The normalized spacial score (nSPS) is 12.7. The number of nitrogen functional groups attached to an aromatic ring is 1. The molecule has 188 valence electrons. The van der Waals surface area contributed by atoms with E-state index in [4.69, 9.17) is 10.5 Å². The van der Waals surface area contributed by atoms with Crippen LogP contribution in [-0.4, -0.2) is 52.3 Å². The Morgan fingerprint density at radius 3 is 2.46 bits per heavy atom. The summed E-state index contributed by atoms with van der Waals surface area (Å²) in [5.74, 6) is -1.08. The van der Waals surface area contributed by atoms with E-state index in [1.165, 1.54) is 12.1 Å². The van der Waals surface area contributed by atoms with Crippen LogP contribution in [0.2, 0.25) is 0 Å². The van der Waals surface area contributed by atoms with Crippen LogP contribution in [0.15, 0.2) is 60.7 Å². The first-order valence-corrected chi connectivity index (χ1v) is 11.8. The van der Waals surface area contributed by atoms with Gasteiger partial charge in [0.15, 0.2) is 0 Å². The molecule has 5 rings (SSSR count). The molecule has 0 spiro atoms. The number of nitrogens with two attached hydrogens (primary N) is 1. The lowest BCUT2D eigenvalue weighted by molar-refractivity contribution is -0.145. The van der Waals surface area contributed by atoms with E-state index < -0.39 is 5.82 Å². The summed E-state index contributed by atoms with van der Waals surface area (Å²) in [6.07, 6.45) is 0. The van der Waals surface area contributed by atoms with E-state index >= 15 is 0 Å². The average molecular weight is 500 g/mol. The fourth-order valence-electron chi connectivity index (χ4n) is 4.51. The third-order valence-electron chi connectivity index (χ3n) is 6.26. The average Bonchev–Trinajstić information content (AvgIpc) is 3.31. The Balaban J connectivity index is 1.51. The predicted molar refractivity (Wildman–Crippen MR) is 138 cm³/mol. The van der Waals surface area contributed by atoms with Crippen LogP contribution >= 0.6 is 0 Å². The molecule has 1 aromatic heterocycles. The van der Waals surface area contributed by atoms with Crippen molar-refractivity contribution in [2.75, 3.05) is 26.4 Å². The third kappa shape index (κ3) is 5.12. The number of esters is 1. The van der Waals surface area contributed by atoms with Crippen LogP contribution < -0.4 is 5.73 Å². The van der Waals surface area contributed by atoms with Crippen LogP contribution in [0.1, 0.15) is 27.2 Å². The molecule has 0 fully saturated rings. The van der Waals surface area contributed by atoms with E-state index in [9.17, 15) is 14.0 Å². The van der Waals surface area contributed by atoms with Gasteiger partial charge in [0, 0.05) is 18.5 Å². The predicted octanol–water partition coefficient (Wildman–Crippen LogP) is 3.78. The number of rotatable bonds is 6. The molecule has 0 bridgehead atoms. The number of carbonyl (C=O) groups is 2. The smallest absolute Gasteiger partial charge is 0.320 e. The lowest BCUT2D eigenvalue weighted by Gasteiger charge is -2.17. The van der Waals surface area contributed by atoms with Crippen molar-refractivity contribution in [3.05, 3.63) is 88.9 Å². The molecule has 0 saturated heterocycles. The van der Waals surface area contributed by atoms with Gasteiger partial charge in [-0.25, -0.2) is 14.4 Å². The number of anilines is 1. The Morgan fingerprint density at radius 2 is 1.76 bits per heavy atom. The van der Waals surface area contributed by atoms with Gasteiger partial charge in [-0.3, -0.25) is 14.5 Å². The van der Waals surface area contributed by atoms with Crippen molar-refractivity contribution in [3.63, 3.8) is 0 Å². The van der Waals surface area contributed by atoms with E-state index in [0.29, 0.717) is 40.7 Å². The molecule has 37 heavy (non-hydrogen) atoms. The quantitative estimate of drug-likeness (QED) is 0.403. The van der Waals surface area contributed by atoms with Gasteiger partial charge in [0.25, 0.3) is 5.91 Å². The van der Waals surface area contributed by atoms with Gasteiger partial charge >= 0.3 is 5.97 Å². The Kier molecular flexibility index (Phi) is 6.54. The van der Waals surface area contributed by atoms with Crippen molar-refractivity contribution in [3.8, 4) is 11.1 Å². The minimum Gasteiger partial charge on any atom is -0.460 e. The lowest BCUT2D eigenvalue weighted by atomic mass is 9.97. The highest BCUT2D eigenvalue weighted by Gasteiger charge is 2.27.